The molecule has 0 saturated carbocycles. The molecule has 0 unspecified atom stereocenters. The van der Waals surface area contributed by atoms with Gasteiger partial charge >= 0.3 is 5.97 Å². The molecule has 3 aromatic carbocycles. The van der Waals surface area contributed by atoms with E-state index in [1.54, 1.807) is 54.6 Å². The maximum atomic E-state index is 13.0. The molecule has 0 aromatic heterocycles. The van der Waals surface area contributed by atoms with Gasteiger partial charge in [0.25, 0.3) is 0 Å². The van der Waals surface area contributed by atoms with Gasteiger partial charge in [0.15, 0.2) is 9.84 Å². The predicted molar refractivity (Wildman–Crippen MR) is 111 cm³/mol. The van der Waals surface area contributed by atoms with Crippen LogP contribution in [0.5, 0.6) is 5.75 Å². The topological polar surface area (TPSA) is 69.7 Å². The zero-order valence-electron chi connectivity index (χ0n) is 16.2. The molecular formula is C23H21FO5S. The molecule has 0 saturated heterocycles. The minimum absolute atomic E-state index is 0.0306. The summed E-state index contributed by atoms with van der Waals surface area (Å²) >= 11 is 0. The first-order chi connectivity index (χ1) is 14.5. The third kappa shape index (κ3) is 5.90. The van der Waals surface area contributed by atoms with Crippen LogP contribution in [-0.2, 0) is 21.2 Å². The van der Waals surface area contributed by atoms with Crippen LogP contribution in [0.1, 0.15) is 22.3 Å². The van der Waals surface area contributed by atoms with Crippen molar-refractivity contribution in [2.75, 3.05) is 12.4 Å². The highest BCUT2D eigenvalue weighted by Gasteiger charge is 2.16. The van der Waals surface area contributed by atoms with E-state index < -0.39 is 15.8 Å². The fraction of sp³-hybridized carbons (Fsp3) is 0.174. The Morgan fingerprint density at radius 2 is 1.53 bits per heavy atom. The van der Waals surface area contributed by atoms with Crippen LogP contribution in [0.4, 0.5) is 4.39 Å². The lowest BCUT2D eigenvalue weighted by molar-refractivity contribution is 0.0500. The first-order valence-corrected chi connectivity index (χ1v) is 11.0. The Morgan fingerprint density at radius 3 is 2.27 bits per heavy atom. The van der Waals surface area contributed by atoms with E-state index in [2.05, 4.69) is 0 Å². The third-order valence-corrected chi connectivity index (χ3v) is 6.12. The quantitative estimate of drug-likeness (QED) is 0.373. The monoisotopic (exact) mass is 428 g/mol. The van der Waals surface area contributed by atoms with Crippen LogP contribution in [-0.4, -0.2) is 26.7 Å². The van der Waals surface area contributed by atoms with Gasteiger partial charge in [-0.1, -0.05) is 42.5 Å². The summed E-state index contributed by atoms with van der Waals surface area (Å²) in [4.78, 5) is 12.7. The van der Waals surface area contributed by atoms with E-state index in [9.17, 15) is 17.6 Å². The normalized spacial score (nSPS) is 11.1. The van der Waals surface area contributed by atoms with Crippen LogP contribution >= 0.6 is 0 Å². The van der Waals surface area contributed by atoms with Crippen molar-refractivity contribution >= 4 is 15.8 Å². The SMILES string of the molecule is O=C(OCCCS(=O)(=O)c1ccccc1)c1ccccc1OCc1ccc(F)cc1. The van der Waals surface area contributed by atoms with Crippen molar-refractivity contribution in [3.63, 3.8) is 0 Å². The third-order valence-electron chi connectivity index (χ3n) is 4.31. The van der Waals surface area contributed by atoms with E-state index >= 15 is 0 Å². The number of ether oxygens (including phenoxy) is 2. The van der Waals surface area contributed by atoms with E-state index in [-0.39, 0.29) is 41.7 Å². The highest BCUT2D eigenvalue weighted by atomic mass is 32.2. The number of hydrogen-bond acceptors (Lipinski definition) is 5. The van der Waals surface area contributed by atoms with Crippen molar-refractivity contribution in [2.45, 2.75) is 17.9 Å². The lowest BCUT2D eigenvalue weighted by atomic mass is 10.2. The Balaban J connectivity index is 1.53. The van der Waals surface area contributed by atoms with Gasteiger partial charge < -0.3 is 9.47 Å². The van der Waals surface area contributed by atoms with E-state index in [1.807, 2.05) is 0 Å². The maximum absolute atomic E-state index is 13.0. The molecule has 7 heteroatoms. The van der Waals surface area contributed by atoms with Crippen molar-refractivity contribution in [2.24, 2.45) is 0 Å². The highest BCUT2D eigenvalue weighted by Crippen LogP contribution is 2.21. The molecule has 5 nitrogen and oxygen atoms in total. The number of hydrogen-bond donors (Lipinski definition) is 0. The fourth-order valence-corrected chi connectivity index (χ4v) is 4.05. The Morgan fingerprint density at radius 1 is 0.867 bits per heavy atom. The highest BCUT2D eigenvalue weighted by molar-refractivity contribution is 7.91. The van der Waals surface area contributed by atoms with Crippen LogP contribution in [0, 0.1) is 5.82 Å². The second kappa shape index (κ2) is 10.0. The average molecular weight is 428 g/mol. The van der Waals surface area contributed by atoms with Gasteiger partial charge in [0.2, 0.25) is 0 Å². The van der Waals surface area contributed by atoms with Crippen LogP contribution in [0.25, 0.3) is 0 Å². The Kier molecular flexibility index (Phi) is 7.19. The smallest absolute Gasteiger partial charge is 0.341 e. The van der Waals surface area contributed by atoms with E-state index in [1.165, 1.54) is 24.3 Å². The average Bonchev–Trinajstić information content (AvgIpc) is 2.77. The largest absolute Gasteiger partial charge is 0.488 e. The van der Waals surface area contributed by atoms with Gasteiger partial charge in [-0.05, 0) is 48.4 Å². The first-order valence-electron chi connectivity index (χ1n) is 9.37. The molecule has 0 N–H and O–H groups in total. The fourth-order valence-electron chi connectivity index (χ4n) is 2.74. The molecule has 30 heavy (non-hydrogen) atoms. The number of benzene rings is 3. The summed E-state index contributed by atoms with van der Waals surface area (Å²) in [6.07, 6.45) is 0.182. The summed E-state index contributed by atoms with van der Waals surface area (Å²) in [5.74, 6) is -0.713. The summed E-state index contributed by atoms with van der Waals surface area (Å²) < 4.78 is 48.4. The molecule has 0 radical (unpaired) electrons. The second-order valence-corrected chi connectivity index (χ2v) is 8.64. The molecule has 0 atom stereocenters. The number of esters is 1. The molecule has 0 spiro atoms. The van der Waals surface area contributed by atoms with Crippen LogP contribution in [0.15, 0.2) is 83.8 Å². The van der Waals surface area contributed by atoms with Crippen molar-refractivity contribution in [1.82, 2.24) is 0 Å². The van der Waals surface area contributed by atoms with Crippen molar-refractivity contribution in [3.05, 3.63) is 95.8 Å². The Labute approximate surface area is 175 Å². The Hall–Kier alpha value is -3.19. The molecule has 0 bridgehead atoms. The van der Waals surface area contributed by atoms with Crippen LogP contribution in [0.2, 0.25) is 0 Å². The van der Waals surface area contributed by atoms with Gasteiger partial charge in [0.1, 0.15) is 23.7 Å². The molecule has 0 amide bonds. The van der Waals surface area contributed by atoms with Crippen molar-refractivity contribution in [3.8, 4) is 5.75 Å². The number of carbonyl (C=O) groups excluding carboxylic acids is 1. The number of carbonyl (C=O) groups is 1. The molecule has 3 aromatic rings. The van der Waals surface area contributed by atoms with E-state index in [4.69, 9.17) is 9.47 Å². The molecule has 3 rings (SSSR count). The van der Waals surface area contributed by atoms with Gasteiger partial charge in [-0.15, -0.1) is 0 Å². The molecule has 0 aliphatic rings. The predicted octanol–water partition coefficient (Wildman–Crippen LogP) is 4.43. The summed E-state index contributed by atoms with van der Waals surface area (Å²) in [5.41, 5.74) is 0.996. The molecule has 0 fully saturated rings. The van der Waals surface area contributed by atoms with Crippen LogP contribution in [0.3, 0.4) is 0 Å². The van der Waals surface area contributed by atoms with Gasteiger partial charge in [0.05, 0.1) is 17.3 Å². The summed E-state index contributed by atoms with van der Waals surface area (Å²) in [6, 6.07) is 20.6. The zero-order valence-corrected chi connectivity index (χ0v) is 17.0. The molecule has 0 heterocycles. The first kappa shape index (κ1) is 21.5. The van der Waals surface area contributed by atoms with Crippen molar-refractivity contribution in [1.29, 1.82) is 0 Å². The van der Waals surface area contributed by atoms with Gasteiger partial charge in [-0.3, -0.25) is 0 Å². The standard InChI is InChI=1S/C23H21FO5S/c24-19-13-11-18(12-14-19)17-29-22-10-5-4-9-21(22)23(25)28-15-6-16-30(26,27)20-7-2-1-3-8-20/h1-5,7-14H,6,15-17H2. The lowest BCUT2D eigenvalue weighted by Crippen LogP contribution is -2.13. The maximum Gasteiger partial charge on any atom is 0.341 e. The minimum atomic E-state index is -3.42. The van der Waals surface area contributed by atoms with Gasteiger partial charge in [-0.2, -0.15) is 0 Å². The molecule has 0 aliphatic carbocycles. The zero-order chi connectivity index (χ0) is 21.4. The summed E-state index contributed by atoms with van der Waals surface area (Å²) in [5, 5.41) is 0. The summed E-state index contributed by atoms with van der Waals surface area (Å²) in [6.45, 7) is 0.136. The van der Waals surface area contributed by atoms with Gasteiger partial charge in [0, 0.05) is 0 Å². The van der Waals surface area contributed by atoms with E-state index in [0.29, 0.717) is 5.75 Å². The lowest BCUT2D eigenvalue weighted by Gasteiger charge is -2.11. The Bertz CT molecular complexity index is 1080. The number of rotatable bonds is 9. The number of sulfone groups is 1. The molecule has 0 aliphatic heterocycles. The number of halogens is 1. The van der Waals surface area contributed by atoms with Gasteiger partial charge in [-0.25, -0.2) is 17.6 Å². The number of para-hydroxylation sites is 1. The van der Waals surface area contributed by atoms with Crippen LogP contribution < -0.4 is 4.74 Å². The second-order valence-electron chi connectivity index (χ2n) is 6.53. The molecular weight excluding hydrogens is 407 g/mol. The minimum Gasteiger partial charge on any atom is -0.488 e. The molecule has 156 valence electrons. The van der Waals surface area contributed by atoms with E-state index in [0.717, 1.165) is 5.56 Å². The van der Waals surface area contributed by atoms with Crippen molar-refractivity contribution < 1.29 is 27.1 Å². The summed E-state index contributed by atoms with van der Waals surface area (Å²) in [7, 11) is -3.42.